The van der Waals surface area contributed by atoms with Crippen LogP contribution in [0, 0.1) is 0 Å². The highest BCUT2D eigenvalue weighted by Crippen LogP contribution is 2.33. The number of hydrogen-bond donors (Lipinski definition) is 0. The molecule has 56 heavy (non-hydrogen) atoms. The van der Waals surface area contributed by atoms with Crippen molar-refractivity contribution in [2.75, 3.05) is 6.61 Å². The summed E-state index contributed by atoms with van der Waals surface area (Å²) in [5.41, 5.74) is 0.821. The number of rotatable bonds is 16. The largest absolute Gasteiger partial charge is 0.459 e. The number of esters is 4. The minimum absolute atomic E-state index is 0.177. The van der Waals surface area contributed by atoms with Gasteiger partial charge in [-0.1, -0.05) is 96.3 Å². The summed E-state index contributed by atoms with van der Waals surface area (Å²) in [4.78, 5) is 54.8. The van der Waals surface area contributed by atoms with Crippen molar-refractivity contribution in [2.45, 2.75) is 82.8 Å². The van der Waals surface area contributed by atoms with E-state index in [4.69, 9.17) is 28.4 Å². The van der Waals surface area contributed by atoms with Gasteiger partial charge in [-0.3, -0.25) is 0 Å². The molecule has 296 valence electrons. The van der Waals surface area contributed by atoms with Gasteiger partial charge in [0.1, 0.15) is 12.7 Å². The normalized spacial score (nSPS) is 19.7. The quantitative estimate of drug-likeness (QED) is 0.0609. The van der Waals surface area contributed by atoms with E-state index < -0.39 is 67.3 Å². The Kier molecular flexibility index (Phi) is 16.7. The molecule has 0 aromatic heterocycles. The van der Waals surface area contributed by atoms with Crippen molar-refractivity contribution in [2.24, 2.45) is 0 Å². The second-order valence-corrected chi connectivity index (χ2v) is 16.7. The third kappa shape index (κ3) is 12.5. The first kappa shape index (κ1) is 43.7. The molecule has 0 saturated carbocycles. The molecule has 6 atom stereocenters. The molecule has 0 bridgehead atoms. The van der Waals surface area contributed by atoms with Gasteiger partial charge in [0.2, 0.25) is 0 Å². The first-order valence-corrected chi connectivity index (χ1v) is 21.2. The molecule has 10 nitrogen and oxygen atoms in total. The SMILES string of the molecule is CCCCCC[C@@H](C)O[C@@H]1O[C@H](COC(=O)c2ccc(Br)cc2)[C@@H](OC(=O)c2ccc(Br)cc2)[C@H](OC(=O)c2ccc(Br)cc2)[C@H]1OC(=O)c1ccc(Br)cc1. The first-order chi connectivity index (χ1) is 26.9. The molecule has 0 aliphatic carbocycles. The predicted molar refractivity (Wildman–Crippen MR) is 222 cm³/mol. The fourth-order valence-corrected chi connectivity index (χ4v) is 6.90. The van der Waals surface area contributed by atoms with Crippen LogP contribution in [0.3, 0.4) is 0 Å². The maximum absolute atomic E-state index is 13.9. The molecule has 0 spiro atoms. The van der Waals surface area contributed by atoms with Crippen LogP contribution in [0.1, 0.15) is 87.4 Å². The third-order valence-corrected chi connectivity index (χ3v) is 11.0. The number of halogens is 4. The highest BCUT2D eigenvalue weighted by Gasteiger charge is 2.54. The molecule has 1 aliphatic heterocycles. The van der Waals surface area contributed by atoms with Gasteiger partial charge in [0.05, 0.1) is 28.4 Å². The lowest BCUT2D eigenvalue weighted by Crippen LogP contribution is -2.63. The molecule has 4 aromatic carbocycles. The van der Waals surface area contributed by atoms with Gasteiger partial charge in [-0.05, 0) is 110 Å². The molecule has 0 unspecified atom stereocenters. The predicted octanol–water partition coefficient (Wildman–Crippen LogP) is 10.7. The van der Waals surface area contributed by atoms with Crippen LogP contribution in [0.5, 0.6) is 0 Å². The van der Waals surface area contributed by atoms with Crippen LogP contribution >= 0.6 is 63.7 Å². The minimum atomic E-state index is -1.51. The van der Waals surface area contributed by atoms with E-state index >= 15 is 0 Å². The Balaban J connectivity index is 1.56. The summed E-state index contributed by atoms with van der Waals surface area (Å²) in [5.74, 6) is -3.02. The lowest BCUT2D eigenvalue weighted by molar-refractivity contribution is -0.307. The summed E-state index contributed by atoms with van der Waals surface area (Å²) in [6.45, 7) is 3.55. The Hall–Kier alpha value is -3.40. The fourth-order valence-electron chi connectivity index (χ4n) is 5.84. The Morgan fingerprint density at radius 1 is 0.554 bits per heavy atom. The van der Waals surface area contributed by atoms with E-state index in [0.29, 0.717) is 6.42 Å². The van der Waals surface area contributed by atoms with Crippen LogP contribution < -0.4 is 0 Å². The number of hydrogen-bond acceptors (Lipinski definition) is 10. The smallest absolute Gasteiger partial charge is 0.338 e. The number of ether oxygens (including phenoxy) is 6. The number of carbonyl (C=O) groups excluding carboxylic acids is 4. The molecular formula is C42H40Br4O10. The minimum Gasteiger partial charge on any atom is -0.459 e. The Morgan fingerprint density at radius 2 is 0.946 bits per heavy atom. The van der Waals surface area contributed by atoms with Crippen molar-refractivity contribution in [1.29, 1.82) is 0 Å². The average Bonchev–Trinajstić information content (AvgIpc) is 3.18. The van der Waals surface area contributed by atoms with Gasteiger partial charge < -0.3 is 28.4 Å². The summed E-state index contributed by atoms with van der Waals surface area (Å²) < 4.78 is 40.1. The van der Waals surface area contributed by atoms with Crippen LogP contribution in [-0.4, -0.2) is 67.3 Å². The van der Waals surface area contributed by atoms with Gasteiger partial charge in [-0.25, -0.2) is 19.2 Å². The monoisotopic (exact) mass is 1020 g/mol. The summed E-state index contributed by atoms with van der Waals surface area (Å²) in [5, 5.41) is 0. The van der Waals surface area contributed by atoms with E-state index in [1.54, 1.807) is 97.1 Å². The van der Waals surface area contributed by atoms with E-state index in [0.717, 1.165) is 43.6 Å². The first-order valence-electron chi connectivity index (χ1n) is 18.0. The fraction of sp³-hybridized carbons (Fsp3) is 0.333. The molecule has 1 saturated heterocycles. The maximum atomic E-state index is 13.9. The topological polar surface area (TPSA) is 124 Å². The Morgan fingerprint density at radius 3 is 1.38 bits per heavy atom. The van der Waals surface area contributed by atoms with Crippen LogP contribution in [0.4, 0.5) is 0 Å². The van der Waals surface area contributed by atoms with E-state index in [1.807, 2.05) is 6.92 Å². The molecule has 1 fully saturated rings. The summed E-state index contributed by atoms with van der Waals surface area (Å²) in [6.07, 6.45) is -2.80. The zero-order valence-corrected chi connectivity index (χ0v) is 36.9. The number of benzene rings is 4. The van der Waals surface area contributed by atoms with Crippen molar-refractivity contribution in [3.05, 3.63) is 137 Å². The van der Waals surface area contributed by atoms with Crippen LogP contribution in [-0.2, 0) is 28.4 Å². The lowest BCUT2D eigenvalue weighted by Gasteiger charge is -2.45. The van der Waals surface area contributed by atoms with Crippen LogP contribution in [0.25, 0.3) is 0 Å². The second-order valence-electron chi connectivity index (χ2n) is 13.1. The lowest BCUT2D eigenvalue weighted by atomic mass is 9.97. The van der Waals surface area contributed by atoms with Crippen molar-refractivity contribution in [1.82, 2.24) is 0 Å². The summed E-state index contributed by atoms with van der Waals surface area (Å²) in [7, 11) is 0. The summed E-state index contributed by atoms with van der Waals surface area (Å²) >= 11 is 13.5. The zero-order chi connectivity index (χ0) is 40.2. The standard InChI is InChI=1S/C42H40Br4O10/c1-3-4-5-6-7-25(2)52-42-37(56-41(50)29-14-22-33(46)23-15-29)36(55-40(49)28-12-20-32(45)21-13-28)35(54-39(48)27-10-18-31(44)19-11-27)34(53-42)24-51-38(47)26-8-16-30(43)17-9-26/h8-23,25,34-37,42H,3-7,24H2,1-2H3/t25-,34-,35-,36+,37-,42-/m1/s1. The van der Waals surface area contributed by atoms with Gasteiger partial charge in [0.25, 0.3) is 0 Å². The number of unbranched alkanes of at least 4 members (excludes halogenated alkanes) is 3. The van der Waals surface area contributed by atoms with Crippen molar-refractivity contribution in [3.63, 3.8) is 0 Å². The van der Waals surface area contributed by atoms with E-state index in [-0.39, 0.29) is 22.3 Å². The van der Waals surface area contributed by atoms with E-state index in [1.165, 1.54) is 0 Å². The van der Waals surface area contributed by atoms with E-state index in [2.05, 4.69) is 70.6 Å². The molecule has 1 heterocycles. The van der Waals surface area contributed by atoms with Gasteiger partial charge >= 0.3 is 23.9 Å². The second kappa shape index (κ2) is 21.4. The van der Waals surface area contributed by atoms with Crippen LogP contribution in [0.2, 0.25) is 0 Å². The highest BCUT2D eigenvalue weighted by molar-refractivity contribution is 9.11. The summed E-state index contributed by atoms with van der Waals surface area (Å²) in [6, 6.07) is 26.0. The third-order valence-electron chi connectivity index (χ3n) is 8.85. The molecule has 1 aliphatic rings. The molecule has 4 aromatic rings. The zero-order valence-electron chi connectivity index (χ0n) is 30.5. The van der Waals surface area contributed by atoms with Crippen molar-refractivity contribution >= 4 is 87.6 Å². The van der Waals surface area contributed by atoms with Gasteiger partial charge in [0, 0.05) is 17.9 Å². The average molecular weight is 1020 g/mol. The van der Waals surface area contributed by atoms with Crippen molar-refractivity contribution in [3.8, 4) is 0 Å². The van der Waals surface area contributed by atoms with Gasteiger partial charge in [-0.15, -0.1) is 0 Å². The highest BCUT2D eigenvalue weighted by atomic mass is 79.9. The molecule has 0 amide bonds. The molecule has 0 N–H and O–H groups in total. The number of carbonyl (C=O) groups is 4. The molecular weight excluding hydrogens is 984 g/mol. The van der Waals surface area contributed by atoms with Crippen LogP contribution in [0.15, 0.2) is 115 Å². The maximum Gasteiger partial charge on any atom is 0.338 e. The van der Waals surface area contributed by atoms with Crippen molar-refractivity contribution < 1.29 is 47.6 Å². The Bertz CT molecular complexity index is 1920. The molecule has 5 rings (SSSR count). The van der Waals surface area contributed by atoms with Gasteiger partial charge in [-0.2, -0.15) is 0 Å². The van der Waals surface area contributed by atoms with Gasteiger partial charge in [0.15, 0.2) is 24.6 Å². The molecule has 0 radical (unpaired) electrons. The van der Waals surface area contributed by atoms with E-state index in [9.17, 15) is 19.2 Å². The Labute approximate surface area is 359 Å². The molecule has 14 heteroatoms.